The number of aromatic nitrogens is 2. The lowest BCUT2D eigenvalue weighted by molar-refractivity contribution is 0.0538. The second-order valence-corrected chi connectivity index (χ2v) is 10.3. The molecule has 1 amide bonds. The van der Waals surface area contributed by atoms with Crippen LogP contribution in [-0.2, 0) is 21.2 Å². The zero-order valence-corrected chi connectivity index (χ0v) is 18.8. The minimum Gasteiger partial charge on any atom is -0.443 e. The summed E-state index contributed by atoms with van der Waals surface area (Å²) in [7, 11) is -3.82. The first-order valence-electron chi connectivity index (χ1n) is 9.88. The highest BCUT2D eigenvalue weighted by atomic mass is 32.2. The molecule has 0 saturated heterocycles. The number of nitrogens with one attached hydrogen (secondary N) is 1. The molecule has 0 unspecified atom stereocenters. The minimum atomic E-state index is -3.82. The third kappa shape index (κ3) is 5.42. The Morgan fingerprint density at radius 1 is 1.19 bits per heavy atom. The molecule has 8 nitrogen and oxygen atoms in total. The molecule has 0 aliphatic heterocycles. The number of nitrogens with zero attached hydrogens (tertiary/aromatic N) is 2. The third-order valence-corrected chi connectivity index (χ3v) is 6.18. The summed E-state index contributed by atoms with van der Waals surface area (Å²) in [6, 6.07) is 11.8. The number of rotatable bonds is 6. The summed E-state index contributed by atoms with van der Waals surface area (Å²) in [5, 5.41) is 17.0. The monoisotopic (exact) mass is 445 g/mol. The summed E-state index contributed by atoms with van der Waals surface area (Å²) in [6.45, 7) is 7.05. The Bertz CT molecular complexity index is 1180. The van der Waals surface area contributed by atoms with Gasteiger partial charge in [-0.3, -0.25) is 0 Å². The van der Waals surface area contributed by atoms with Gasteiger partial charge in [-0.25, -0.2) is 4.79 Å². The summed E-state index contributed by atoms with van der Waals surface area (Å²) in [5.41, 5.74) is 1.73. The average molecular weight is 446 g/mol. The Morgan fingerprint density at radius 2 is 1.87 bits per heavy atom. The molecule has 0 aliphatic carbocycles. The van der Waals surface area contributed by atoms with Crippen molar-refractivity contribution < 1.29 is 23.1 Å². The van der Waals surface area contributed by atoms with Gasteiger partial charge in [0.25, 0.3) is 10.0 Å². The van der Waals surface area contributed by atoms with Crippen LogP contribution in [0.3, 0.4) is 0 Å². The third-order valence-electron chi connectivity index (χ3n) is 4.56. The number of alkyl carbamates (subject to hydrolysis) is 1. The fourth-order valence-corrected chi connectivity index (χ4v) is 4.36. The van der Waals surface area contributed by atoms with Crippen molar-refractivity contribution in [1.82, 2.24) is 14.5 Å². The Morgan fingerprint density at radius 3 is 2.48 bits per heavy atom. The van der Waals surface area contributed by atoms with E-state index in [1.54, 1.807) is 42.5 Å². The number of benzene rings is 2. The smallest absolute Gasteiger partial charge is 0.407 e. The van der Waals surface area contributed by atoms with Crippen LogP contribution in [0.25, 0.3) is 10.9 Å². The minimum absolute atomic E-state index is 0.158. The first-order valence-corrected chi connectivity index (χ1v) is 11.3. The van der Waals surface area contributed by atoms with Crippen molar-refractivity contribution in [2.75, 3.05) is 6.61 Å². The van der Waals surface area contributed by atoms with Crippen molar-refractivity contribution in [3.63, 3.8) is 0 Å². The molecule has 0 fully saturated rings. The van der Waals surface area contributed by atoms with Gasteiger partial charge in [-0.15, -0.1) is 0 Å². The fourth-order valence-electron chi connectivity index (χ4n) is 3.08. The van der Waals surface area contributed by atoms with Crippen LogP contribution in [0.5, 0.6) is 0 Å². The van der Waals surface area contributed by atoms with Gasteiger partial charge in [0.15, 0.2) is 0 Å². The Kier molecular flexibility index (Phi) is 6.38. The molecule has 3 aromatic rings. The Hall–Kier alpha value is -2.91. The first-order chi connectivity index (χ1) is 14.5. The SMILES string of the molecule is Cc1ccc(S(=O)(=O)n2ncc3cc(C[C@@H](CO)OC(=O)NC(C)(C)C)ccc32)cc1. The van der Waals surface area contributed by atoms with Crippen LogP contribution in [0, 0.1) is 6.92 Å². The van der Waals surface area contributed by atoms with Gasteiger partial charge < -0.3 is 15.2 Å². The normalized spacial score (nSPS) is 13.2. The van der Waals surface area contributed by atoms with Crippen LogP contribution < -0.4 is 5.32 Å². The molecule has 1 atom stereocenters. The molecule has 0 saturated carbocycles. The second kappa shape index (κ2) is 8.68. The molecule has 31 heavy (non-hydrogen) atoms. The van der Waals surface area contributed by atoms with Crippen molar-refractivity contribution in [2.45, 2.75) is 50.7 Å². The van der Waals surface area contributed by atoms with Gasteiger partial charge in [0, 0.05) is 17.3 Å². The lowest BCUT2D eigenvalue weighted by Crippen LogP contribution is -2.43. The second-order valence-electron chi connectivity index (χ2n) is 8.49. The standard InChI is InChI=1S/C22H27N3O5S/c1-15-5-8-19(9-6-15)31(28,29)25-20-10-7-16(11-17(20)13-23-25)12-18(14-26)30-21(27)24-22(2,3)4/h5-11,13,18,26H,12,14H2,1-4H3,(H,24,27)/t18-/m0/s1. The first kappa shape index (κ1) is 22.8. The van der Waals surface area contributed by atoms with E-state index in [1.165, 1.54) is 6.20 Å². The number of aliphatic hydroxyl groups is 1. The van der Waals surface area contributed by atoms with Crippen LogP contribution >= 0.6 is 0 Å². The number of amides is 1. The molecule has 3 rings (SSSR count). The number of aliphatic hydroxyl groups excluding tert-OH is 1. The summed E-state index contributed by atoms with van der Waals surface area (Å²) >= 11 is 0. The van der Waals surface area contributed by atoms with E-state index in [4.69, 9.17) is 4.74 Å². The van der Waals surface area contributed by atoms with Gasteiger partial charge >= 0.3 is 6.09 Å². The molecule has 1 aromatic heterocycles. The predicted octanol–water partition coefficient (Wildman–Crippen LogP) is 3.01. The van der Waals surface area contributed by atoms with Gasteiger partial charge in [-0.1, -0.05) is 23.8 Å². The molecular formula is C22H27N3O5S. The molecule has 2 N–H and O–H groups in total. The fraction of sp³-hybridized carbons (Fsp3) is 0.364. The summed E-state index contributed by atoms with van der Waals surface area (Å²) < 4.78 is 32.2. The number of aryl methyl sites for hydroxylation is 1. The van der Waals surface area contributed by atoms with Crippen LogP contribution in [0.4, 0.5) is 4.79 Å². The number of hydrogen-bond acceptors (Lipinski definition) is 6. The summed E-state index contributed by atoms with van der Waals surface area (Å²) in [5.74, 6) is 0. The number of fused-ring (bicyclic) bond motifs is 1. The van der Waals surface area contributed by atoms with Crippen molar-refractivity contribution >= 4 is 27.0 Å². The predicted molar refractivity (Wildman–Crippen MR) is 117 cm³/mol. The highest BCUT2D eigenvalue weighted by Crippen LogP contribution is 2.22. The largest absolute Gasteiger partial charge is 0.443 e. The van der Waals surface area contributed by atoms with E-state index in [1.807, 2.05) is 27.7 Å². The maximum atomic E-state index is 13.0. The molecule has 166 valence electrons. The van der Waals surface area contributed by atoms with Crippen LogP contribution in [0.2, 0.25) is 0 Å². The van der Waals surface area contributed by atoms with Crippen molar-refractivity contribution in [3.8, 4) is 0 Å². The van der Waals surface area contributed by atoms with Crippen LogP contribution in [0.1, 0.15) is 31.9 Å². The maximum Gasteiger partial charge on any atom is 0.407 e. The van der Waals surface area contributed by atoms with Crippen molar-refractivity contribution in [2.24, 2.45) is 0 Å². The van der Waals surface area contributed by atoms with E-state index in [2.05, 4.69) is 10.4 Å². The molecule has 1 heterocycles. The van der Waals surface area contributed by atoms with Gasteiger partial charge in [0.1, 0.15) is 6.10 Å². The van der Waals surface area contributed by atoms with Crippen LogP contribution in [0.15, 0.2) is 53.6 Å². The topological polar surface area (TPSA) is 111 Å². The average Bonchev–Trinajstić information content (AvgIpc) is 3.10. The lowest BCUT2D eigenvalue weighted by Gasteiger charge is -2.23. The molecule has 0 aliphatic rings. The molecule has 2 aromatic carbocycles. The summed E-state index contributed by atoms with van der Waals surface area (Å²) in [4.78, 5) is 12.1. The van der Waals surface area contributed by atoms with Gasteiger partial charge in [-0.2, -0.15) is 17.6 Å². The molecule has 0 spiro atoms. The van der Waals surface area contributed by atoms with Gasteiger partial charge in [0.2, 0.25) is 0 Å². The molecule has 0 bridgehead atoms. The number of carbonyl (C=O) groups excluding carboxylic acids is 1. The van der Waals surface area contributed by atoms with Crippen molar-refractivity contribution in [3.05, 3.63) is 59.8 Å². The Balaban J connectivity index is 1.81. The van der Waals surface area contributed by atoms with Crippen LogP contribution in [-0.4, -0.2) is 47.1 Å². The summed E-state index contributed by atoms with van der Waals surface area (Å²) in [6.07, 6.45) is 0.418. The number of ether oxygens (including phenoxy) is 1. The molecule has 0 radical (unpaired) electrons. The number of carbonyl (C=O) groups is 1. The van der Waals surface area contributed by atoms with E-state index < -0.39 is 27.8 Å². The zero-order chi connectivity index (χ0) is 22.8. The molecular weight excluding hydrogens is 418 g/mol. The van der Waals surface area contributed by atoms with E-state index in [-0.39, 0.29) is 17.9 Å². The van der Waals surface area contributed by atoms with E-state index in [0.717, 1.165) is 15.2 Å². The highest BCUT2D eigenvalue weighted by molar-refractivity contribution is 7.90. The molecule has 9 heteroatoms. The number of hydrogen-bond donors (Lipinski definition) is 2. The van der Waals surface area contributed by atoms with E-state index >= 15 is 0 Å². The zero-order valence-electron chi connectivity index (χ0n) is 18.0. The maximum absolute atomic E-state index is 13.0. The lowest BCUT2D eigenvalue weighted by atomic mass is 10.1. The van der Waals surface area contributed by atoms with Gasteiger partial charge in [0.05, 0.1) is 23.2 Å². The van der Waals surface area contributed by atoms with E-state index in [9.17, 15) is 18.3 Å². The Labute approximate surface area is 181 Å². The van der Waals surface area contributed by atoms with E-state index in [0.29, 0.717) is 10.9 Å². The van der Waals surface area contributed by atoms with Gasteiger partial charge in [-0.05, 0) is 57.5 Å². The van der Waals surface area contributed by atoms with Crippen molar-refractivity contribution in [1.29, 1.82) is 0 Å². The highest BCUT2D eigenvalue weighted by Gasteiger charge is 2.22. The quantitative estimate of drug-likeness (QED) is 0.603.